The first kappa shape index (κ1) is 9.77. The number of nitrogens with two attached hydrogens (primary N) is 1. The van der Waals surface area contributed by atoms with E-state index >= 15 is 0 Å². The summed E-state index contributed by atoms with van der Waals surface area (Å²) in [5, 5.41) is 0. The van der Waals surface area contributed by atoms with Gasteiger partial charge in [-0.2, -0.15) is 0 Å². The van der Waals surface area contributed by atoms with Gasteiger partial charge in [0.25, 0.3) is 0 Å². The van der Waals surface area contributed by atoms with Gasteiger partial charge in [0.15, 0.2) is 0 Å². The number of hydrogen-bond acceptors (Lipinski definition) is 2. The minimum absolute atomic E-state index is 0.684. The zero-order chi connectivity index (χ0) is 11.0. The molecule has 78 valence electrons. The van der Waals surface area contributed by atoms with E-state index in [9.17, 15) is 0 Å². The van der Waals surface area contributed by atoms with E-state index in [-0.39, 0.29) is 0 Å². The summed E-state index contributed by atoms with van der Waals surface area (Å²) < 4.78 is 1.89. The van der Waals surface area contributed by atoms with Gasteiger partial charge >= 0.3 is 0 Å². The van der Waals surface area contributed by atoms with Crippen LogP contribution < -0.4 is 5.73 Å². The molecule has 2 N–H and O–H groups in total. The van der Waals surface area contributed by atoms with Gasteiger partial charge < -0.3 is 10.3 Å². The van der Waals surface area contributed by atoms with Gasteiger partial charge in [-0.15, -0.1) is 0 Å². The van der Waals surface area contributed by atoms with E-state index in [0.717, 1.165) is 11.4 Å². The standard InChI is InChI=1S/C12H15N3/c1-8-4-5-10(6-9(8)2)12-14-7-11(13)15(12)3/h4-7H,13H2,1-3H3. The van der Waals surface area contributed by atoms with E-state index in [0.29, 0.717) is 5.82 Å². The Labute approximate surface area is 89.6 Å². The second kappa shape index (κ2) is 3.42. The lowest BCUT2D eigenvalue weighted by atomic mass is 10.1. The second-order valence-corrected chi connectivity index (χ2v) is 3.86. The fourth-order valence-electron chi connectivity index (χ4n) is 1.57. The van der Waals surface area contributed by atoms with Gasteiger partial charge in [-0.3, -0.25) is 0 Å². The molecule has 3 nitrogen and oxygen atoms in total. The SMILES string of the molecule is Cc1ccc(-c2ncc(N)n2C)cc1C. The van der Waals surface area contributed by atoms with Crippen LogP contribution in [0.3, 0.4) is 0 Å². The molecule has 0 bridgehead atoms. The van der Waals surface area contributed by atoms with Crippen LogP contribution in [0.25, 0.3) is 11.4 Å². The zero-order valence-corrected chi connectivity index (χ0v) is 9.28. The van der Waals surface area contributed by atoms with Crippen molar-refractivity contribution < 1.29 is 0 Å². The fraction of sp³-hybridized carbons (Fsp3) is 0.250. The third-order valence-corrected chi connectivity index (χ3v) is 2.79. The Morgan fingerprint density at radius 2 is 1.93 bits per heavy atom. The van der Waals surface area contributed by atoms with Gasteiger partial charge in [-0.25, -0.2) is 4.98 Å². The first-order valence-electron chi connectivity index (χ1n) is 4.94. The molecule has 0 aliphatic rings. The number of nitrogens with zero attached hydrogens (tertiary/aromatic N) is 2. The number of hydrogen-bond donors (Lipinski definition) is 1. The number of nitrogen functional groups attached to an aromatic ring is 1. The highest BCUT2D eigenvalue weighted by atomic mass is 15.1. The molecule has 0 radical (unpaired) electrons. The molecule has 1 heterocycles. The maximum absolute atomic E-state index is 5.75. The summed E-state index contributed by atoms with van der Waals surface area (Å²) in [4.78, 5) is 4.29. The average Bonchev–Trinajstić information content (AvgIpc) is 2.53. The average molecular weight is 201 g/mol. The molecular formula is C12H15N3. The highest BCUT2D eigenvalue weighted by molar-refractivity contribution is 5.60. The van der Waals surface area contributed by atoms with Crippen molar-refractivity contribution in [3.05, 3.63) is 35.5 Å². The molecule has 0 fully saturated rings. The van der Waals surface area contributed by atoms with E-state index in [1.165, 1.54) is 11.1 Å². The summed E-state index contributed by atoms with van der Waals surface area (Å²) >= 11 is 0. The number of aryl methyl sites for hydroxylation is 2. The Bertz CT molecular complexity index is 498. The van der Waals surface area contributed by atoms with Crippen LogP contribution in [-0.2, 0) is 7.05 Å². The Kier molecular flexibility index (Phi) is 2.23. The summed E-state index contributed by atoms with van der Waals surface area (Å²) in [6.07, 6.45) is 1.69. The molecule has 0 saturated carbocycles. The molecule has 0 unspecified atom stereocenters. The summed E-state index contributed by atoms with van der Waals surface area (Å²) in [5.41, 5.74) is 9.42. The first-order valence-corrected chi connectivity index (χ1v) is 4.94. The number of rotatable bonds is 1. The monoisotopic (exact) mass is 201 g/mol. The van der Waals surface area contributed by atoms with Crippen LogP contribution in [0.1, 0.15) is 11.1 Å². The van der Waals surface area contributed by atoms with E-state index in [4.69, 9.17) is 5.73 Å². The third-order valence-electron chi connectivity index (χ3n) is 2.79. The molecular weight excluding hydrogens is 186 g/mol. The lowest BCUT2D eigenvalue weighted by molar-refractivity contribution is 0.936. The quantitative estimate of drug-likeness (QED) is 0.769. The predicted molar refractivity (Wildman–Crippen MR) is 62.5 cm³/mol. The predicted octanol–water partition coefficient (Wildman–Crippen LogP) is 2.29. The second-order valence-electron chi connectivity index (χ2n) is 3.86. The Balaban J connectivity index is 2.55. The number of benzene rings is 1. The molecule has 2 aromatic rings. The van der Waals surface area contributed by atoms with E-state index in [1.807, 2.05) is 11.6 Å². The Hall–Kier alpha value is -1.77. The van der Waals surface area contributed by atoms with Crippen LogP contribution in [-0.4, -0.2) is 9.55 Å². The normalized spacial score (nSPS) is 10.6. The molecule has 1 aromatic carbocycles. The van der Waals surface area contributed by atoms with E-state index < -0.39 is 0 Å². The molecule has 0 atom stereocenters. The molecule has 0 aliphatic heterocycles. The minimum atomic E-state index is 0.684. The lowest BCUT2D eigenvalue weighted by Gasteiger charge is -2.05. The molecule has 0 saturated heterocycles. The number of anilines is 1. The Morgan fingerprint density at radius 3 is 2.47 bits per heavy atom. The highest BCUT2D eigenvalue weighted by Gasteiger charge is 2.06. The first-order chi connectivity index (χ1) is 7.09. The van der Waals surface area contributed by atoms with Gasteiger partial charge in [-0.05, 0) is 31.0 Å². The molecule has 2 rings (SSSR count). The summed E-state index contributed by atoms with van der Waals surface area (Å²) in [6.45, 7) is 4.21. The molecule has 0 amide bonds. The van der Waals surface area contributed by atoms with Gasteiger partial charge in [0.1, 0.15) is 11.6 Å². The van der Waals surface area contributed by atoms with Gasteiger partial charge in [0.2, 0.25) is 0 Å². The zero-order valence-electron chi connectivity index (χ0n) is 9.28. The van der Waals surface area contributed by atoms with E-state index in [2.05, 4.69) is 37.0 Å². The van der Waals surface area contributed by atoms with Crippen molar-refractivity contribution in [3.8, 4) is 11.4 Å². The number of imidazole rings is 1. The van der Waals surface area contributed by atoms with Gasteiger partial charge in [0.05, 0.1) is 6.20 Å². The van der Waals surface area contributed by atoms with Crippen molar-refractivity contribution in [3.63, 3.8) is 0 Å². The van der Waals surface area contributed by atoms with Crippen molar-refractivity contribution >= 4 is 5.82 Å². The van der Waals surface area contributed by atoms with Crippen molar-refractivity contribution in [2.45, 2.75) is 13.8 Å². The molecule has 3 heteroatoms. The minimum Gasteiger partial charge on any atom is -0.384 e. The molecule has 15 heavy (non-hydrogen) atoms. The molecule has 0 spiro atoms. The van der Waals surface area contributed by atoms with Crippen LogP contribution in [0.15, 0.2) is 24.4 Å². The smallest absolute Gasteiger partial charge is 0.141 e. The van der Waals surface area contributed by atoms with Crippen molar-refractivity contribution in [1.82, 2.24) is 9.55 Å². The third kappa shape index (κ3) is 1.61. The highest BCUT2D eigenvalue weighted by Crippen LogP contribution is 2.21. The topological polar surface area (TPSA) is 43.8 Å². The maximum Gasteiger partial charge on any atom is 0.141 e. The van der Waals surface area contributed by atoms with Crippen LogP contribution in [0.5, 0.6) is 0 Å². The van der Waals surface area contributed by atoms with E-state index in [1.54, 1.807) is 6.20 Å². The summed E-state index contributed by atoms with van der Waals surface area (Å²) in [5.74, 6) is 1.60. The van der Waals surface area contributed by atoms with Crippen LogP contribution in [0.4, 0.5) is 5.82 Å². The molecule has 0 aliphatic carbocycles. The fourth-order valence-corrected chi connectivity index (χ4v) is 1.57. The van der Waals surface area contributed by atoms with Crippen molar-refractivity contribution in [1.29, 1.82) is 0 Å². The van der Waals surface area contributed by atoms with Crippen molar-refractivity contribution in [2.75, 3.05) is 5.73 Å². The molecule has 1 aromatic heterocycles. The van der Waals surface area contributed by atoms with Crippen LogP contribution in [0, 0.1) is 13.8 Å². The van der Waals surface area contributed by atoms with Crippen LogP contribution >= 0.6 is 0 Å². The largest absolute Gasteiger partial charge is 0.384 e. The van der Waals surface area contributed by atoms with Crippen molar-refractivity contribution in [2.24, 2.45) is 7.05 Å². The summed E-state index contributed by atoms with van der Waals surface area (Å²) in [7, 11) is 1.92. The summed E-state index contributed by atoms with van der Waals surface area (Å²) in [6, 6.07) is 6.32. The van der Waals surface area contributed by atoms with Gasteiger partial charge in [0, 0.05) is 12.6 Å². The Morgan fingerprint density at radius 1 is 1.20 bits per heavy atom. The van der Waals surface area contributed by atoms with Gasteiger partial charge in [-0.1, -0.05) is 12.1 Å². The maximum atomic E-state index is 5.75. The number of aromatic nitrogens is 2. The lowest BCUT2D eigenvalue weighted by Crippen LogP contribution is -1.98. The van der Waals surface area contributed by atoms with Crippen LogP contribution in [0.2, 0.25) is 0 Å².